The maximum absolute atomic E-state index is 12.8. The van der Waals surface area contributed by atoms with Gasteiger partial charge in [-0.3, -0.25) is 9.59 Å². The van der Waals surface area contributed by atoms with E-state index in [4.69, 9.17) is 9.47 Å². The second-order valence-electron chi connectivity index (χ2n) is 6.85. The molecule has 158 valence electrons. The summed E-state index contributed by atoms with van der Waals surface area (Å²) in [5, 5.41) is 7.90. The highest BCUT2D eigenvalue weighted by Crippen LogP contribution is 2.28. The first-order valence-electron chi connectivity index (χ1n) is 9.82. The van der Waals surface area contributed by atoms with Gasteiger partial charge in [-0.1, -0.05) is 17.4 Å². The number of methoxy groups -OCH3 is 1. The van der Waals surface area contributed by atoms with Crippen molar-refractivity contribution in [2.45, 2.75) is 26.3 Å². The van der Waals surface area contributed by atoms with Gasteiger partial charge in [0.05, 0.1) is 13.7 Å². The Balaban J connectivity index is 1.50. The highest BCUT2D eigenvalue weighted by Gasteiger charge is 2.20. The topological polar surface area (TPSA) is 98.1 Å². The van der Waals surface area contributed by atoms with Crippen LogP contribution >= 0.6 is 11.3 Å². The summed E-state index contributed by atoms with van der Waals surface area (Å²) in [4.78, 5) is 32.3. The molecule has 0 saturated carbocycles. The van der Waals surface area contributed by atoms with Gasteiger partial charge in [-0.15, -0.1) is 5.10 Å². The van der Waals surface area contributed by atoms with Crippen LogP contribution in [0.3, 0.4) is 0 Å². The van der Waals surface area contributed by atoms with E-state index in [1.54, 1.807) is 19.2 Å². The van der Waals surface area contributed by atoms with Crippen LogP contribution in [0.2, 0.25) is 0 Å². The van der Waals surface area contributed by atoms with Gasteiger partial charge in [0.25, 0.3) is 11.5 Å². The van der Waals surface area contributed by atoms with Crippen LogP contribution in [0, 0.1) is 0 Å². The number of carbonyl (C=O) groups is 1. The van der Waals surface area contributed by atoms with Crippen LogP contribution in [0.15, 0.2) is 29.2 Å². The smallest absolute Gasteiger partial charge is 0.288 e. The predicted molar refractivity (Wildman–Crippen MR) is 114 cm³/mol. The number of fused-ring (bicyclic) bond motifs is 1. The molecule has 0 spiro atoms. The molecule has 0 aliphatic carbocycles. The van der Waals surface area contributed by atoms with Crippen LogP contribution < -0.4 is 25.2 Å². The zero-order valence-electron chi connectivity index (χ0n) is 16.9. The Labute approximate surface area is 177 Å². The van der Waals surface area contributed by atoms with Gasteiger partial charge in [0.2, 0.25) is 10.1 Å². The van der Waals surface area contributed by atoms with E-state index in [9.17, 15) is 9.59 Å². The molecule has 3 heterocycles. The highest BCUT2D eigenvalue weighted by molar-refractivity contribution is 7.20. The van der Waals surface area contributed by atoms with Crippen LogP contribution in [-0.4, -0.2) is 47.3 Å². The molecular weight excluding hydrogens is 406 g/mol. The molecule has 1 N–H and O–H groups in total. The fourth-order valence-corrected chi connectivity index (χ4v) is 4.26. The van der Waals surface area contributed by atoms with Crippen molar-refractivity contribution in [1.82, 2.24) is 19.9 Å². The van der Waals surface area contributed by atoms with E-state index < -0.39 is 11.5 Å². The molecule has 0 radical (unpaired) electrons. The van der Waals surface area contributed by atoms with E-state index in [-0.39, 0.29) is 12.1 Å². The second kappa shape index (κ2) is 8.70. The molecule has 1 fully saturated rings. The van der Waals surface area contributed by atoms with Gasteiger partial charge in [-0.2, -0.15) is 4.52 Å². The van der Waals surface area contributed by atoms with Crippen LogP contribution in [0.4, 0.5) is 5.13 Å². The Bertz CT molecular complexity index is 1120. The third kappa shape index (κ3) is 3.95. The van der Waals surface area contributed by atoms with Crippen molar-refractivity contribution >= 4 is 27.3 Å². The maximum atomic E-state index is 12.8. The molecule has 4 rings (SSSR count). The van der Waals surface area contributed by atoms with Crippen molar-refractivity contribution in [3.05, 3.63) is 45.9 Å². The molecule has 9 nitrogen and oxygen atoms in total. The van der Waals surface area contributed by atoms with Crippen LogP contribution in [0.1, 0.15) is 35.7 Å². The van der Waals surface area contributed by atoms with Gasteiger partial charge in [0, 0.05) is 25.8 Å². The van der Waals surface area contributed by atoms with Crippen LogP contribution in [-0.2, 0) is 6.54 Å². The molecule has 1 amide bonds. The van der Waals surface area contributed by atoms with Crippen LogP contribution in [0.5, 0.6) is 11.5 Å². The summed E-state index contributed by atoms with van der Waals surface area (Å²) in [6.45, 7) is 4.51. The Hall–Kier alpha value is -3.14. The normalized spacial score (nSPS) is 13.6. The van der Waals surface area contributed by atoms with Crippen molar-refractivity contribution in [2.24, 2.45) is 0 Å². The van der Waals surface area contributed by atoms with E-state index in [0.717, 1.165) is 36.6 Å². The molecule has 0 atom stereocenters. The number of amides is 1. The number of anilines is 1. The summed E-state index contributed by atoms with van der Waals surface area (Å²) in [6.07, 6.45) is 3.54. The highest BCUT2D eigenvalue weighted by atomic mass is 32.1. The monoisotopic (exact) mass is 429 g/mol. The lowest BCUT2D eigenvalue weighted by atomic mass is 10.2. The number of aromatic nitrogens is 3. The lowest BCUT2D eigenvalue weighted by Gasteiger charge is -2.11. The SMILES string of the molecule is CCOc1ccc(CNC(=O)c2cnc3sc(N4CCCC4)nn3c2=O)cc1OC. The Morgan fingerprint density at radius 3 is 2.80 bits per heavy atom. The van der Waals surface area contributed by atoms with Gasteiger partial charge < -0.3 is 19.7 Å². The summed E-state index contributed by atoms with van der Waals surface area (Å²) in [5.74, 6) is 0.731. The van der Waals surface area contributed by atoms with Gasteiger partial charge in [-0.05, 0) is 37.5 Å². The third-order valence-corrected chi connectivity index (χ3v) is 5.86. The zero-order valence-corrected chi connectivity index (χ0v) is 17.7. The molecule has 1 aliphatic heterocycles. The molecular formula is C20H23N5O4S. The number of nitrogens with one attached hydrogen (secondary N) is 1. The molecule has 2 aromatic heterocycles. The van der Waals surface area contributed by atoms with E-state index in [1.807, 2.05) is 13.0 Å². The quantitative estimate of drug-likeness (QED) is 0.614. The Morgan fingerprint density at radius 2 is 2.07 bits per heavy atom. The first-order valence-corrected chi connectivity index (χ1v) is 10.6. The van der Waals surface area contributed by atoms with Crippen molar-refractivity contribution < 1.29 is 14.3 Å². The average molecular weight is 430 g/mol. The standard InChI is InChI=1S/C20H23N5O4S/c1-3-29-15-7-6-13(10-16(15)28-2)11-21-17(26)14-12-22-19-25(18(14)27)23-20(30-19)24-8-4-5-9-24/h6-7,10,12H,3-5,8-9,11H2,1-2H3,(H,21,26). The lowest BCUT2D eigenvalue weighted by Crippen LogP contribution is -2.31. The molecule has 1 aliphatic rings. The Kier molecular flexibility index (Phi) is 5.84. The number of hydrogen-bond donors (Lipinski definition) is 1. The number of benzene rings is 1. The largest absolute Gasteiger partial charge is 0.493 e. The fourth-order valence-electron chi connectivity index (χ4n) is 3.34. The number of rotatable bonds is 7. The van der Waals surface area contributed by atoms with Crippen LogP contribution in [0.25, 0.3) is 4.96 Å². The molecule has 1 saturated heterocycles. The zero-order chi connectivity index (χ0) is 21.1. The average Bonchev–Trinajstić information content (AvgIpc) is 3.43. The van der Waals surface area contributed by atoms with Gasteiger partial charge in [-0.25, -0.2) is 4.98 Å². The molecule has 3 aromatic rings. The summed E-state index contributed by atoms with van der Waals surface area (Å²) >= 11 is 1.36. The number of nitrogens with zero attached hydrogens (tertiary/aromatic N) is 4. The summed E-state index contributed by atoms with van der Waals surface area (Å²) in [7, 11) is 1.56. The minimum atomic E-state index is -0.495. The molecule has 0 unspecified atom stereocenters. The van der Waals surface area contributed by atoms with Gasteiger partial charge in [0.1, 0.15) is 5.56 Å². The summed E-state index contributed by atoms with van der Waals surface area (Å²) in [5.41, 5.74) is 0.315. The molecule has 30 heavy (non-hydrogen) atoms. The minimum absolute atomic E-state index is 0.0383. The summed E-state index contributed by atoms with van der Waals surface area (Å²) < 4.78 is 12.0. The second-order valence-corrected chi connectivity index (χ2v) is 7.79. The van der Waals surface area contributed by atoms with E-state index in [0.29, 0.717) is 23.1 Å². The first kappa shape index (κ1) is 20.1. The van der Waals surface area contributed by atoms with Crippen molar-refractivity contribution in [1.29, 1.82) is 0 Å². The number of carbonyl (C=O) groups excluding carboxylic acids is 1. The Morgan fingerprint density at radius 1 is 1.27 bits per heavy atom. The molecule has 0 bridgehead atoms. The predicted octanol–water partition coefficient (Wildman–Crippen LogP) is 2.09. The number of ether oxygens (including phenoxy) is 2. The molecule has 1 aromatic carbocycles. The lowest BCUT2D eigenvalue weighted by molar-refractivity contribution is 0.0948. The van der Waals surface area contributed by atoms with Gasteiger partial charge in [0.15, 0.2) is 11.5 Å². The van der Waals surface area contributed by atoms with E-state index in [2.05, 4.69) is 20.3 Å². The summed E-state index contributed by atoms with van der Waals surface area (Å²) in [6, 6.07) is 5.43. The molecule has 10 heteroatoms. The van der Waals surface area contributed by atoms with Crippen molar-refractivity contribution in [3.8, 4) is 11.5 Å². The maximum Gasteiger partial charge on any atom is 0.288 e. The first-order chi connectivity index (χ1) is 14.6. The van der Waals surface area contributed by atoms with Crippen molar-refractivity contribution in [3.63, 3.8) is 0 Å². The van der Waals surface area contributed by atoms with Gasteiger partial charge >= 0.3 is 0 Å². The van der Waals surface area contributed by atoms with E-state index in [1.165, 1.54) is 22.0 Å². The van der Waals surface area contributed by atoms with E-state index >= 15 is 0 Å². The van der Waals surface area contributed by atoms with Crippen molar-refractivity contribution in [2.75, 3.05) is 31.7 Å². The third-order valence-electron chi connectivity index (χ3n) is 4.88. The fraction of sp³-hybridized carbons (Fsp3) is 0.400. The minimum Gasteiger partial charge on any atom is -0.493 e. The number of hydrogen-bond acceptors (Lipinski definition) is 8.